The molecule has 2 amide bonds. The van der Waals surface area contributed by atoms with Gasteiger partial charge in [-0.3, -0.25) is 9.59 Å². The van der Waals surface area contributed by atoms with Crippen molar-refractivity contribution < 1.29 is 18.7 Å². The van der Waals surface area contributed by atoms with E-state index in [-0.39, 0.29) is 23.8 Å². The van der Waals surface area contributed by atoms with Crippen LogP contribution in [-0.2, 0) is 11.3 Å². The van der Waals surface area contributed by atoms with Gasteiger partial charge in [-0.15, -0.1) is 10.2 Å². The van der Waals surface area contributed by atoms with Gasteiger partial charge in [0.1, 0.15) is 18.1 Å². The highest BCUT2D eigenvalue weighted by Crippen LogP contribution is 2.25. The van der Waals surface area contributed by atoms with Gasteiger partial charge >= 0.3 is 0 Å². The lowest BCUT2D eigenvalue weighted by molar-refractivity contribution is -0.117. The Kier molecular flexibility index (Phi) is 6.35. The van der Waals surface area contributed by atoms with Crippen molar-refractivity contribution in [2.75, 3.05) is 17.7 Å². The van der Waals surface area contributed by atoms with Crippen molar-refractivity contribution in [3.8, 4) is 17.1 Å². The number of tetrazole rings is 1. The molecule has 4 aromatic rings. The van der Waals surface area contributed by atoms with Crippen LogP contribution in [0, 0.1) is 5.82 Å². The molecule has 0 atom stereocenters. The summed E-state index contributed by atoms with van der Waals surface area (Å²) >= 11 is 0. The van der Waals surface area contributed by atoms with Gasteiger partial charge in [0.05, 0.1) is 24.0 Å². The largest absolute Gasteiger partial charge is 0.495 e. The van der Waals surface area contributed by atoms with Gasteiger partial charge in [-0.1, -0.05) is 36.4 Å². The van der Waals surface area contributed by atoms with Crippen LogP contribution in [0.15, 0.2) is 72.8 Å². The first kappa shape index (κ1) is 21.6. The van der Waals surface area contributed by atoms with Gasteiger partial charge in [0.25, 0.3) is 5.91 Å². The fourth-order valence-corrected chi connectivity index (χ4v) is 3.11. The third-order valence-electron chi connectivity index (χ3n) is 4.65. The van der Waals surface area contributed by atoms with Gasteiger partial charge in [0.2, 0.25) is 11.7 Å². The molecule has 10 heteroatoms. The molecule has 1 heterocycles. The van der Waals surface area contributed by atoms with Crippen LogP contribution in [0.1, 0.15) is 10.4 Å². The zero-order valence-corrected chi connectivity index (χ0v) is 17.5. The number of nitrogens with one attached hydrogen (secondary N) is 2. The Balaban J connectivity index is 1.49. The second kappa shape index (κ2) is 9.69. The number of nitrogens with zero attached hydrogens (tertiary/aromatic N) is 4. The van der Waals surface area contributed by atoms with Crippen molar-refractivity contribution in [1.82, 2.24) is 20.2 Å². The average molecular weight is 446 g/mol. The molecule has 0 fully saturated rings. The molecule has 33 heavy (non-hydrogen) atoms. The first-order valence-electron chi connectivity index (χ1n) is 9.91. The Bertz CT molecular complexity index is 1310. The molecule has 0 aliphatic carbocycles. The standard InChI is InChI=1S/C23H19FN6O3/c1-33-20-13-7-6-12-19(20)25-21(31)14-30-28-22(27-29-30)16-9-3-5-11-18(16)26-23(32)15-8-2-4-10-17(15)24/h2-13H,14H2,1H3,(H,25,31)(H,26,32). The molecule has 0 aliphatic heterocycles. The van der Waals surface area contributed by atoms with Crippen molar-refractivity contribution in [3.63, 3.8) is 0 Å². The van der Waals surface area contributed by atoms with Gasteiger partial charge in [0.15, 0.2) is 0 Å². The first-order valence-corrected chi connectivity index (χ1v) is 9.91. The smallest absolute Gasteiger partial charge is 0.258 e. The molecule has 0 saturated heterocycles. The van der Waals surface area contributed by atoms with Crippen LogP contribution in [0.25, 0.3) is 11.4 Å². The lowest BCUT2D eigenvalue weighted by Gasteiger charge is -2.09. The van der Waals surface area contributed by atoms with E-state index < -0.39 is 11.7 Å². The lowest BCUT2D eigenvalue weighted by atomic mass is 10.1. The molecule has 9 nitrogen and oxygen atoms in total. The number of methoxy groups -OCH3 is 1. The second-order valence-corrected chi connectivity index (χ2v) is 6.87. The van der Waals surface area contributed by atoms with Gasteiger partial charge in [-0.05, 0) is 41.6 Å². The van der Waals surface area contributed by atoms with E-state index in [4.69, 9.17) is 4.74 Å². The van der Waals surface area contributed by atoms with Gasteiger partial charge < -0.3 is 15.4 Å². The summed E-state index contributed by atoms with van der Waals surface area (Å²) in [6.45, 7) is -0.186. The predicted molar refractivity (Wildman–Crippen MR) is 119 cm³/mol. The SMILES string of the molecule is COc1ccccc1NC(=O)Cn1nnc(-c2ccccc2NC(=O)c2ccccc2F)n1. The van der Waals surface area contributed by atoms with Crippen LogP contribution in [0.4, 0.5) is 15.8 Å². The highest BCUT2D eigenvalue weighted by molar-refractivity contribution is 6.06. The van der Waals surface area contributed by atoms with Gasteiger partial charge in [-0.25, -0.2) is 4.39 Å². The molecule has 166 valence electrons. The second-order valence-electron chi connectivity index (χ2n) is 6.87. The van der Waals surface area contributed by atoms with Crippen LogP contribution in [-0.4, -0.2) is 39.1 Å². The zero-order chi connectivity index (χ0) is 23.2. The fourth-order valence-electron chi connectivity index (χ4n) is 3.11. The van der Waals surface area contributed by atoms with Crippen molar-refractivity contribution >= 4 is 23.2 Å². The van der Waals surface area contributed by atoms with Crippen LogP contribution >= 0.6 is 0 Å². The number of benzene rings is 3. The van der Waals surface area contributed by atoms with E-state index in [1.807, 2.05) is 0 Å². The summed E-state index contributed by atoms with van der Waals surface area (Å²) < 4.78 is 19.2. The predicted octanol–water partition coefficient (Wildman–Crippen LogP) is 3.38. The minimum absolute atomic E-state index is 0.0862. The van der Waals surface area contributed by atoms with Crippen LogP contribution in [0.2, 0.25) is 0 Å². The maximum atomic E-state index is 14.0. The van der Waals surface area contributed by atoms with Crippen molar-refractivity contribution in [1.29, 1.82) is 0 Å². The fraction of sp³-hybridized carbons (Fsp3) is 0.0870. The number of ether oxygens (including phenoxy) is 1. The zero-order valence-electron chi connectivity index (χ0n) is 17.5. The summed E-state index contributed by atoms with van der Waals surface area (Å²) in [4.78, 5) is 26.1. The summed E-state index contributed by atoms with van der Waals surface area (Å²) in [5.74, 6) is -0.881. The first-order chi connectivity index (χ1) is 16.0. The molecule has 2 N–H and O–H groups in total. The number of anilines is 2. The number of carbonyl (C=O) groups is 2. The molecule has 0 unspecified atom stereocenters. The number of amides is 2. The summed E-state index contributed by atoms with van der Waals surface area (Å²) in [6.07, 6.45) is 0. The van der Waals surface area contributed by atoms with E-state index in [1.165, 1.54) is 25.3 Å². The van der Waals surface area contributed by atoms with E-state index in [0.29, 0.717) is 22.7 Å². The molecule has 0 aliphatic rings. The topological polar surface area (TPSA) is 111 Å². The molecular formula is C23H19FN6O3. The van der Waals surface area contributed by atoms with E-state index in [9.17, 15) is 14.0 Å². The van der Waals surface area contributed by atoms with E-state index >= 15 is 0 Å². The summed E-state index contributed by atoms with van der Waals surface area (Å²) in [6, 6.07) is 19.5. The minimum Gasteiger partial charge on any atom is -0.495 e. The summed E-state index contributed by atoms with van der Waals surface area (Å²) in [5.41, 5.74) is 1.28. The van der Waals surface area contributed by atoms with E-state index in [1.54, 1.807) is 54.6 Å². The summed E-state index contributed by atoms with van der Waals surface area (Å²) in [5, 5.41) is 17.6. The Morgan fingerprint density at radius 1 is 0.939 bits per heavy atom. The molecule has 0 radical (unpaired) electrons. The molecule has 3 aromatic carbocycles. The Hall–Kier alpha value is -4.60. The van der Waals surface area contributed by atoms with Gasteiger partial charge in [-0.2, -0.15) is 4.80 Å². The molecule has 4 rings (SSSR count). The van der Waals surface area contributed by atoms with Crippen molar-refractivity contribution in [2.45, 2.75) is 6.54 Å². The normalized spacial score (nSPS) is 10.5. The number of hydrogen-bond donors (Lipinski definition) is 2. The molecular weight excluding hydrogens is 427 g/mol. The number of hydrogen-bond acceptors (Lipinski definition) is 6. The van der Waals surface area contributed by atoms with Gasteiger partial charge in [0, 0.05) is 5.56 Å². The minimum atomic E-state index is -0.627. The lowest BCUT2D eigenvalue weighted by Crippen LogP contribution is -2.20. The van der Waals surface area contributed by atoms with Crippen molar-refractivity contribution in [2.24, 2.45) is 0 Å². The number of halogens is 1. The van der Waals surface area contributed by atoms with Crippen LogP contribution in [0.5, 0.6) is 5.75 Å². The quantitative estimate of drug-likeness (QED) is 0.450. The number of aromatic nitrogens is 4. The van der Waals surface area contributed by atoms with Crippen molar-refractivity contribution in [3.05, 3.63) is 84.2 Å². The number of rotatable bonds is 7. The van der Waals surface area contributed by atoms with Crippen LogP contribution in [0.3, 0.4) is 0 Å². The molecule has 1 aromatic heterocycles. The third-order valence-corrected chi connectivity index (χ3v) is 4.65. The maximum Gasteiger partial charge on any atom is 0.258 e. The molecule has 0 spiro atoms. The number of para-hydroxylation sites is 3. The maximum absolute atomic E-state index is 14.0. The van der Waals surface area contributed by atoms with E-state index in [2.05, 4.69) is 26.0 Å². The molecule has 0 bridgehead atoms. The third kappa shape index (κ3) is 5.01. The Morgan fingerprint density at radius 2 is 1.64 bits per heavy atom. The summed E-state index contributed by atoms with van der Waals surface area (Å²) in [7, 11) is 1.51. The highest BCUT2D eigenvalue weighted by Gasteiger charge is 2.17. The van der Waals surface area contributed by atoms with Crippen LogP contribution < -0.4 is 15.4 Å². The Morgan fingerprint density at radius 3 is 2.42 bits per heavy atom. The molecule has 0 saturated carbocycles. The highest BCUT2D eigenvalue weighted by atomic mass is 19.1. The monoisotopic (exact) mass is 446 g/mol. The Labute approximate surface area is 188 Å². The average Bonchev–Trinajstić information content (AvgIpc) is 3.28. The number of carbonyl (C=O) groups excluding carboxylic acids is 2. The van der Waals surface area contributed by atoms with E-state index in [0.717, 1.165) is 4.80 Å².